The molecule has 7 heteroatoms. The van der Waals surface area contributed by atoms with Gasteiger partial charge in [-0.15, -0.1) is 0 Å². The SMILES string of the molecule is COC(=O)[C@H](CCSC)NC(=O)N1CCN(c2ccccc2)CC1. The van der Waals surface area contributed by atoms with Crippen LogP contribution >= 0.6 is 11.8 Å². The smallest absolute Gasteiger partial charge is 0.328 e. The molecule has 0 aromatic heterocycles. The number of anilines is 1. The number of amides is 2. The van der Waals surface area contributed by atoms with E-state index >= 15 is 0 Å². The number of benzene rings is 1. The summed E-state index contributed by atoms with van der Waals surface area (Å²) >= 11 is 1.64. The molecule has 1 aromatic carbocycles. The molecule has 6 nitrogen and oxygen atoms in total. The summed E-state index contributed by atoms with van der Waals surface area (Å²) in [5, 5.41) is 2.81. The number of hydrogen-bond acceptors (Lipinski definition) is 5. The number of ether oxygens (including phenoxy) is 1. The van der Waals surface area contributed by atoms with Gasteiger partial charge in [0.25, 0.3) is 0 Å². The van der Waals surface area contributed by atoms with Crippen LogP contribution in [0.1, 0.15) is 6.42 Å². The molecule has 1 atom stereocenters. The minimum Gasteiger partial charge on any atom is -0.467 e. The molecule has 0 unspecified atom stereocenters. The monoisotopic (exact) mass is 351 g/mol. The molecule has 0 radical (unpaired) electrons. The molecule has 0 saturated carbocycles. The Labute approximate surface area is 147 Å². The minimum absolute atomic E-state index is 0.195. The van der Waals surface area contributed by atoms with Crippen molar-refractivity contribution in [3.05, 3.63) is 30.3 Å². The number of thioether (sulfide) groups is 1. The van der Waals surface area contributed by atoms with E-state index in [1.54, 1.807) is 16.7 Å². The zero-order valence-electron chi connectivity index (χ0n) is 14.2. The number of rotatable bonds is 6. The Kier molecular flexibility index (Phi) is 7.24. The van der Waals surface area contributed by atoms with Crippen LogP contribution in [0.5, 0.6) is 0 Å². The topological polar surface area (TPSA) is 61.9 Å². The highest BCUT2D eigenvalue weighted by Gasteiger charge is 2.26. The van der Waals surface area contributed by atoms with Crippen molar-refractivity contribution in [2.45, 2.75) is 12.5 Å². The van der Waals surface area contributed by atoms with Crippen molar-refractivity contribution in [2.75, 3.05) is 50.2 Å². The van der Waals surface area contributed by atoms with Gasteiger partial charge < -0.3 is 19.9 Å². The first-order valence-corrected chi connectivity index (χ1v) is 9.47. The second-order valence-corrected chi connectivity index (χ2v) is 6.60. The molecule has 1 aromatic rings. The Morgan fingerprint density at radius 3 is 2.46 bits per heavy atom. The number of para-hydroxylation sites is 1. The first-order valence-electron chi connectivity index (χ1n) is 8.08. The second kappa shape index (κ2) is 9.42. The Bertz CT molecular complexity index is 533. The van der Waals surface area contributed by atoms with Crippen molar-refractivity contribution in [3.63, 3.8) is 0 Å². The molecule has 0 bridgehead atoms. The maximum atomic E-state index is 12.4. The van der Waals surface area contributed by atoms with Crippen molar-refractivity contribution in [1.82, 2.24) is 10.2 Å². The molecule has 0 spiro atoms. The van der Waals surface area contributed by atoms with Crippen LogP contribution in [0, 0.1) is 0 Å². The number of methoxy groups -OCH3 is 1. The fourth-order valence-corrected chi connectivity index (χ4v) is 3.15. The number of nitrogens with one attached hydrogen (secondary N) is 1. The van der Waals surface area contributed by atoms with Crippen LogP contribution < -0.4 is 10.2 Å². The van der Waals surface area contributed by atoms with Crippen LogP contribution in [-0.4, -0.2) is 68.2 Å². The van der Waals surface area contributed by atoms with Crippen LogP contribution in [0.15, 0.2) is 30.3 Å². The molecule has 1 aliphatic rings. The second-order valence-electron chi connectivity index (χ2n) is 5.62. The Morgan fingerprint density at radius 2 is 1.88 bits per heavy atom. The zero-order valence-corrected chi connectivity index (χ0v) is 15.1. The largest absolute Gasteiger partial charge is 0.467 e. The van der Waals surface area contributed by atoms with Gasteiger partial charge in [-0.3, -0.25) is 0 Å². The summed E-state index contributed by atoms with van der Waals surface area (Å²) in [6.45, 7) is 2.84. The summed E-state index contributed by atoms with van der Waals surface area (Å²) in [4.78, 5) is 28.2. The highest BCUT2D eigenvalue weighted by molar-refractivity contribution is 7.98. The molecule has 1 saturated heterocycles. The third-order valence-corrected chi connectivity index (χ3v) is 4.73. The van der Waals surface area contributed by atoms with Crippen molar-refractivity contribution in [2.24, 2.45) is 0 Å². The number of hydrogen-bond donors (Lipinski definition) is 1. The fraction of sp³-hybridized carbons (Fsp3) is 0.529. The molecular weight excluding hydrogens is 326 g/mol. The van der Waals surface area contributed by atoms with E-state index in [0.717, 1.165) is 18.8 Å². The summed E-state index contributed by atoms with van der Waals surface area (Å²) in [5.41, 5.74) is 1.17. The summed E-state index contributed by atoms with van der Waals surface area (Å²) in [6, 6.07) is 9.40. The van der Waals surface area contributed by atoms with Crippen LogP contribution in [0.2, 0.25) is 0 Å². The van der Waals surface area contributed by atoms with Crippen LogP contribution in [-0.2, 0) is 9.53 Å². The highest BCUT2D eigenvalue weighted by Crippen LogP contribution is 2.15. The maximum absolute atomic E-state index is 12.4. The third kappa shape index (κ3) is 5.06. The van der Waals surface area contributed by atoms with E-state index in [4.69, 9.17) is 4.74 Å². The van der Waals surface area contributed by atoms with E-state index < -0.39 is 6.04 Å². The van der Waals surface area contributed by atoms with Gasteiger partial charge in [-0.2, -0.15) is 11.8 Å². The van der Waals surface area contributed by atoms with Gasteiger partial charge in [-0.1, -0.05) is 18.2 Å². The number of carbonyl (C=O) groups is 2. The normalized spacial score (nSPS) is 15.8. The van der Waals surface area contributed by atoms with Gasteiger partial charge in [0.1, 0.15) is 6.04 Å². The zero-order chi connectivity index (χ0) is 17.4. The molecule has 1 aliphatic heterocycles. The van der Waals surface area contributed by atoms with Gasteiger partial charge >= 0.3 is 12.0 Å². The van der Waals surface area contributed by atoms with Gasteiger partial charge in [-0.25, -0.2) is 9.59 Å². The van der Waals surface area contributed by atoms with Gasteiger partial charge in [0.2, 0.25) is 0 Å². The summed E-state index contributed by atoms with van der Waals surface area (Å²) in [6.07, 6.45) is 2.54. The lowest BCUT2D eigenvalue weighted by atomic mass is 10.2. The molecule has 2 rings (SSSR count). The number of nitrogens with zero attached hydrogens (tertiary/aromatic N) is 2. The quantitative estimate of drug-likeness (QED) is 0.792. The van der Waals surface area contributed by atoms with Crippen LogP contribution in [0.25, 0.3) is 0 Å². The van der Waals surface area contributed by atoms with Gasteiger partial charge in [0.15, 0.2) is 0 Å². The van der Waals surface area contributed by atoms with Crippen molar-refractivity contribution in [1.29, 1.82) is 0 Å². The van der Waals surface area contributed by atoms with E-state index in [-0.39, 0.29) is 12.0 Å². The Hall–Kier alpha value is -1.89. The van der Waals surface area contributed by atoms with E-state index in [1.165, 1.54) is 12.8 Å². The van der Waals surface area contributed by atoms with Crippen molar-refractivity contribution >= 4 is 29.4 Å². The first-order chi connectivity index (χ1) is 11.7. The van der Waals surface area contributed by atoms with E-state index in [1.807, 2.05) is 24.5 Å². The summed E-state index contributed by atoms with van der Waals surface area (Å²) < 4.78 is 4.78. The van der Waals surface area contributed by atoms with E-state index in [2.05, 4.69) is 22.3 Å². The number of esters is 1. The summed E-state index contributed by atoms with van der Waals surface area (Å²) in [7, 11) is 1.35. The summed E-state index contributed by atoms with van der Waals surface area (Å²) in [5.74, 6) is 0.405. The van der Waals surface area contributed by atoms with Crippen LogP contribution in [0.3, 0.4) is 0 Å². The molecule has 24 heavy (non-hydrogen) atoms. The minimum atomic E-state index is -0.581. The lowest BCUT2D eigenvalue weighted by molar-refractivity contribution is -0.142. The van der Waals surface area contributed by atoms with Crippen molar-refractivity contribution < 1.29 is 14.3 Å². The average Bonchev–Trinajstić information content (AvgIpc) is 2.65. The Morgan fingerprint density at radius 1 is 1.21 bits per heavy atom. The lowest BCUT2D eigenvalue weighted by Crippen LogP contribution is -2.55. The Balaban J connectivity index is 1.86. The molecule has 1 fully saturated rings. The third-order valence-electron chi connectivity index (χ3n) is 4.08. The van der Waals surface area contributed by atoms with Gasteiger partial charge in [0, 0.05) is 31.9 Å². The molecule has 2 amide bonds. The predicted octanol–water partition coefficient (Wildman–Crippen LogP) is 1.81. The van der Waals surface area contributed by atoms with Gasteiger partial charge in [-0.05, 0) is 30.6 Å². The fourth-order valence-electron chi connectivity index (χ4n) is 2.67. The molecule has 1 N–H and O–H groups in total. The van der Waals surface area contributed by atoms with Crippen molar-refractivity contribution in [3.8, 4) is 0 Å². The van der Waals surface area contributed by atoms with E-state index in [0.29, 0.717) is 19.5 Å². The number of piperazine rings is 1. The molecule has 1 heterocycles. The predicted molar refractivity (Wildman–Crippen MR) is 97.6 cm³/mol. The lowest BCUT2D eigenvalue weighted by Gasteiger charge is -2.36. The molecule has 132 valence electrons. The van der Waals surface area contributed by atoms with Gasteiger partial charge in [0.05, 0.1) is 7.11 Å². The highest BCUT2D eigenvalue weighted by atomic mass is 32.2. The number of urea groups is 1. The number of carbonyl (C=O) groups excluding carboxylic acids is 2. The molecule has 0 aliphatic carbocycles. The van der Waals surface area contributed by atoms with E-state index in [9.17, 15) is 9.59 Å². The standard InChI is InChI=1S/C17H25N3O3S/c1-23-16(21)15(8-13-24-2)18-17(22)20-11-9-19(10-12-20)14-6-4-3-5-7-14/h3-7,15H,8-13H2,1-2H3,(H,18,22)/t15-/m0/s1. The average molecular weight is 351 g/mol. The molecular formula is C17H25N3O3S. The maximum Gasteiger partial charge on any atom is 0.328 e. The van der Waals surface area contributed by atoms with Crippen LogP contribution in [0.4, 0.5) is 10.5 Å². The first kappa shape index (κ1) is 18.4.